The zero-order valence-electron chi connectivity index (χ0n) is 11.2. The van der Waals surface area contributed by atoms with E-state index < -0.39 is 0 Å². The van der Waals surface area contributed by atoms with Gasteiger partial charge >= 0.3 is 0 Å². The van der Waals surface area contributed by atoms with Crippen LogP contribution in [0.15, 0.2) is 41.0 Å². The molecule has 2 unspecified atom stereocenters. The number of hydrogen-bond acceptors (Lipinski definition) is 2. The molecule has 2 aromatic rings. The number of aryl methyl sites for hydroxylation is 1. The van der Waals surface area contributed by atoms with Crippen molar-refractivity contribution in [1.29, 1.82) is 0 Å². The van der Waals surface area contributed by atoms with Crippen molar-refractivity contribution in [3.8, 4) is 0 Å². The molecule has 1 aromatic carbocycles. The average molecular weight is 352 g/mol. The first kappa shape index (κ1) is 14.1. The molecule has 20 heavy (non-hydrogen) atoms. The van der Waals surface area contributed by atoms with Crippen LogP contribution in [-0.4, -0.2) is 12.0 Å². The van der Waals surface area contributed by atoms with Gasteiger partial charge in [0.05, 0.1) is 0 Å². The standard InChI is InChI=1S/C16H16BrClN2/c1-19-16(12-7-5-11(18)9-14(12)17)13-6-4-10-3-2-8-20-15(10)13/h2-3,5,7-9,13,16,19H,4,6H2,1H3. The lowest BCUT2D eigenvalue weighted by Crippen LogP contribution is -2.23. The second kappa shape index (κ2) is 5.84. The summed E-state index contributed by atoms with van der Waals surface area (Å²) in [5.74, 6) is 0.411. The maximum Gasteiger partial charge on any atom is 0.0485 e. The zero-order chi connectivity index (χ0) is 14.1. The van der Waals surface area contributed by atoms with Crippen LogP contribution in [0.5, 0.6) is 0 Å². The fourth-order valence-corrected chi connectivity index (χ4v) is 4.02. The van der Waals surface area contributed by atoms with Gasteiger partial charge in [-0.1, -0.05) is 39.7 Å². The number of likely N-dealkylation sites (N-methyl/N-ethyl adjacent to an activating group) is 1. The number of hydrogen-bond donors (Lipinski definition) is 1. The SMILES string of the molecule is CNC(c1ccc(Cl)cc1Br)C1CCc2cccnc21. The van der Waals surface area contributed by atoms with Gasteiger partial charge in [-0.05, 0) is 49.2 Å². The summed E-state index contributed by atoms with van der Waals surface area (Å²) in [5.41, 5.74) is 3.84. The summed E-state index contributed by atoms with van der Waals surface area (Å²) < 4.78 is 1.05. The lowest BCUT2D eigenvalue weighted by atomic mass is 9.91. The summed E-state index contributed by atoms with van der Waals surface area (Å²) in [4.78, 5) is 4.60. The van der Waals surface area contributed by atoms with Crippen LogP contribution in [0.25, 0.3) is 0 Å². The lowest BCUT2D eigenvalue weighted by Gasteiger charge is -2.25. The Morgan fingerprint density at radius 3 is 3.00 bits per heavy atom. The van der Waals surface area contributed by atoms with Crippen LogP contribution in [0.3, 0.4) is 0 Å². The van der Waals surface area contributed by atoms with Crippen molar-refractivity contribution in [2.45, 2.75) is 24.8 Å². The van der Waals surface area contributed by atoms with E-state index in [0.717, 1.165) is 22.3 Å². The van der Waals surface area contributed by atoms with E-state index in [4.69, 9.17) is 11.6 Å². The topological polar surface area (TPSA) is 24.9 Å². The molecule has 2 atom stereocenters. The van der Waals surface area contributed by atoms with Gasteiger partial charge < -0.3 is 5.32 Å². The third-order valence-corrected chi connectivity index (χ3v) is 4.93. The summed E-state index contributed by atoms with van der Waals surface area (Å²) in [5, 5.41) is 4.20. The number of nitrogens with one attached hydrogen (secondary N) is 1. The Kier molecular flexibility index (Phi) is 4.11. The molecule has 0 radical (unpaired) electrons. The Balaban J connectivity index is 1.99. The van der Waals surface area contributed by atoms with Crippen LogP contribution in [0.4, 0.5) is 0 Å². The largest absolute Gasteiger partial charge is 0.312 e. The average Bonchev–Trinajstić information content (AvgIpc) is 2.86. The van der Waals surface area contributed by atoms with Crippen LogP contribution in [0, 0.1) is 0 Å². The molecule has 0 saturated heterocycles. The summed E-state index contributed by atoms with van der Waals surface area (Å²) in [7, 11) is 2.01. The quantitative estimate of drug-likeness (QED) is 0.881. The van der Waals surface area contributed by atoms with Crippen molar-refractivity contribution in [1.82, 2.24) is 10.3 Å². The second-order valence-corrected chi connectivity index (χ2v) is 6.42. The van der Waals surface area contributed by atoms with Gasteiger partial charge in [-0.2, -0.15) is 0 Å². The van der Waals surface area contributed by atoms with Gasteiger partial charge in [-0.15, -0.1) is 0 Å². The van der Waals surface area contributed by atoms with E-state index in [1.807, 2.05) is 31.4 Å². The van der Waals surface area contributed by atoms with Crippen molar-refractivity contribution in [3.05, 3.63) is 62.8 Å². The molecule has 2 nitrogen and oxygen atoms in total. The second-order valence-electron chi connectivity index (χ2n) is 5.13. The number of aromatic nitrogens is 1. The third-order valence-electron chi connectivity index (χ3n) is 4.01. The number of fused-ring (bicyclic) bond motifs is 1. The van der Waals surface area contributed by atoms with Crippen LogP contribution in [-0.2, 0) is 6.42 Å². The monoisotopic (exact) mass is 350 g/mol. The molecule has 1 heterocycles. The Bertz CT molecular complexity index is 630. The van der Waals surface area contributed by atoms with E-state index in [2.05, 4.69) is 38.4 Å². The number of halogens is 2. The van der Waals surface area contributed by atoms with Crippen LogP contribution >= 0.6 is 27.5 Å². The summed E-state index contributed by atoms with van der Waals surface area (Å²) >= 11 is 9.67. The van der Waals surface area contributed by atoms with Gasteiger partial charge in [0.2, 0.25) is 0 Å². The van der Waals surface area contributed by atoms with Gasteiger partial charge in [0, 0.05) is 33.3 Å². The smallest absolute Gasteiger partial charge is 0.0485 e. The Morgan fingerprint density at radius 2 is 2.25 bits per heavy atom. The van der Waals surface area contributed by atoms with Crippen molar-refractivity contribution in [2.24, 2.45) is 0 Å². The fraction of sp³-hybridized carbons (Fsp3) is 0.312. The van der Waals surface area contributed by atoms with E-state index in [1.165, 1.54) is 16.8 Å². The molecular formula is C16H16BrClN2. The summed E-state index contributed by atoms with van der Waals surface area (Å²) in [6.45, 7) is 0. The summed E-state index contributed by atoms with van der Waals surface area (Å²) in [6, 6.07) is 10.4. The van der Waals surface area contributed by atoms with Crippen LogP contribution in [0.1, 0.15) is 35.2 Å². The molecule has 3 rings (SSSR count). The minimum absolute atomic E-state index is 0.248. The van der Waals surface area contributed by atoms with E-state index in [9.17, 15) is 0 Å². The number of pyridine rings is 1. The maximum atomic E-state index is 6.04. The van der Waals surface area contributed by atoms with Crippen LogP contribution < -0.4 is 5.32 Å². The molecule has 4 heteroatoms. The van der Waals surface area contributed by atoms with E-state index in [-0.39, 0.29) is 6.04 Å². The van der Waals surface area contributed by atoms with Crippen LogP contribution in [0.2, 0.25) is 5.02 Å². The predicted molar refractivity (Wildman–Crippen MR) is 86.3 cm³/mol. The van der Waals surface area contributed by atoms with Gasteiger partial charge in [0.15, 0.2) is 0 Å². The van der Waals surface area contributed by atoms with Gasteiger partial charge in [-0.3, -0.25) is 4.98 Å². The minimum atomic E-state index is 0.248. The van der Waals surface area contributed by atoms with Crippen molar-refractivity contribution in [2.75, 3.05) is 7.05 Å². The molecule has 1 N–H and O–H groups in total. The molecule has 1 aliphatic carbocycles. The third kappa shape index (κ3) is 2.50. The normalized spacial score (nSPS) is 18.9. The van der Waals surface area contributed by atoms with Gasteiger partial charge in [0.25, 0.3) is 0 Å². The predicted octanol–water partition coefficient (Wildman–Crippen LogP) is 4.49. The van der Waals surface area contributed by atoms with Crippen molar-refractivity contribution < 1.29 is 0 Å². The Labute approximate surface area is 132 Å². The van der Waals surface area contributed by atoms with E-state index in [0.29, 0.717) is 5.92 Å². The maximum absolute atomic E-state index is 6.04. The molecule has 1 aliphatic rings. The highest BCUT2D eigenvalue weighted by molar-refractivity contribution is 9.10. The first-order valence-corrected chi connectivity index (χ1v) is 7.94. The minimum Gasteiger partial charge on any atom is -0.312 e. The Hall–Kier alpha value is -0.900. The van der Waals surface area contributed by atoms with E-state index in [1.54, 1.807) is 0 Å². The fourth-order valence-electron chi connectivity index (χ4n) is 3.10. The number of benzene rings is 1. The highest BCUT2D eigenvalue weighted by Crippen LogP contribution is 2.42. The van der Waals surface area contributed by atoms with Crippen molar-refractivity contribution in [3.63, 3.8) is 0 Å². The molecule has 0 bridgehead atoms. The first-order valence-electron chi connectivity index (χ1n) is 6.76. The molecule has 0 aliphatic heterocycles. The molecular weight excluding hydrogens is 336 g/mol. The molecule has 0 saturated carbocycles. The van der Waals surface area contributed by atoms with Crippen molar-refractivity contribution >= 4 is 27.5 Å². The van der Waals surface area contributed by atoms with Gasteiger partial charge in [-0.25, -0.2) is 0 Å². The van der Waals surface area contributed by atoms with E-state index >= 15 is 0 Å². The molecule has 1 aromatic heterocycles. The first-order chi connectivity index (χ1) is 9.70. The Morgan fingerprint density at radius 1 is 1.40 bits per heavy atom. The molecule has 104 valence electrons. The highest BCUT2D eigenvalue weighted by atomic mass is 79.9. The van der Waals surface area contributed by atoms with Gasteiger partial charge in [0.1, 0.15) is 0 Å². The molecule has 0 amide bonds. The lowest BCUT2D eigenvalue weighted by molar-refractivity contribution is 0.468. The molecule has 0 fully saturated rings. The number of rotatable bonds is 3. The zero-order valence-corrected chi connectivity index (χ0v) is 13.6. The number of nitrogens with zero attached hydrogens (tertiary/aromatic N) is 1. The molecule has 0 spiro atoms. The highest BCUT2D eigenvalue weighted by Gasteiger charge is 2.31. The summed E-state index contributed by atoms with van der Waals surface area (Å²) in [6.07, 6.45) is 4.13.